The monoisotopic (exact) mass is 316 g/mol. The van der Waals surface area contributed by atoms with Crippen molar-refractivity contribution in [2.45, 2.75) is 39.2 Å². The Morgan fingerprint density at radius 3 is 2.12 bits per heavy atom. The van der Waals surface area contributed by atoms with Gasteiger partial charge in [-0.1, -0.05) is 60.7 Å². The van der Waals surface area contributed by atoms with Crippen molar-refractivity contribution in [2.24, 2.45) is 0 Å². The van der Waals surface area contributed by atoms with Crippen molar-refractivity contribution in [1.29, 1.82) is 0 Å². The van der Waals surface area contributed by atoms with Crippen LogP contribution in [0.3, 0.4) is 0 Å². The number of aromatic nitrogens is 1. The normalized spacial score (nSPS) is 10.7. The van der Waals surface area contributed by atoms with Crippen LogP contribution in [0.5, 0.6) is 0 Å². The number of aryl methyl sites for hydroxylation is 3. The Balaban J connectivity index is 1.43. The summed E-state index contributed by atoms with van der Waals surface area (Å²) in [6.45, 7) is 3.30. The minimum atomic E-state index is 1.12. The zero-order valence-electron chi connectivity index (χ0n) is 14.5. The molecule has 24 heavy (non-hydrogen) atoms. The second-order valence-electron chi connectivity index (χ2n) is 6.41. The van der Waals surface area contributed by atoms with Crippen LogP contribution in [0.2, 0.25) is 0 Å². The summed E-state index contributed by atoms with van der Waals surface area (Å²) in [6.07, 6.45) is 7.14. The highest BCUT2D eigenvalue weighted by atomic mass is 14.9. The van der Waals surface area contributed by atoms with E-state index in [9.17, 15) is 0 Å². The van der Waals surface area contributed by atoms with Gasteiger partial charge in [-0.25, -0.2) is 4.57 Å². The van der Waals surface area contributed by atoms with Gasteiger partial charge in [-0.3, -0.25) is 0 Å². The second kappa shape index (κ2) is 8.44. The average Bonchev–Trinajstić information content (AvgIpc) is 2.64. The Bertz CT molecular complexity index is 745. The summed E-state index contributed by atoms with van der Waals surface area (Å²) in [5.74, 6) is 0. The standard InChI is InChI=1S/C23H26N/c1-20-10-7-9-19-24(20)18-8-3-4-11-21-14-16-23(17-15-21)22-12-5-2-6-13-22/h2,5-7,9-10,12-17,19H,3-4,8,11,18H2,1H3/q+1. The van der Waals surface area contributed by atoms with Crippen molar-refractivity contribution in [1.82, 2.24) is 0 Å². The van der Waals surface area contributed by atoms with Crippen LogP contribution in [0, 0.1) is 6.92 Å². The first-order valence-electron chi connectivity index (χ1n) is 8.92. The first-order valence-corrected chi connectivity index (χ1v) is 8.92. The second-order valence-corrected chi connectivity index (χ2v) is 6.41. The molecule has 0 atom stereocenters. The number of rotatable bonds is 7. The number of hydrogen-bond acceptors (Lipinski definition) is 0. The fourth-order valence-corrected chi connectivity index (χ4v) is 3.10. The molecule has 0 saturated carbocycles. The van der Waals surface area contributed by atoms with Gasteiger partial charge < -0.3 is 0 Å². The van der Waals surface area contributed by atoms with Crippen molar-refractivity contribution in [2.75, 3.05) is 0 Å². The van der Waals surface area contributed by atoms with E-state index in [-0.39, 0.29) is 0 Å². The van der Waals surface area contributed by atoms with Gasteiger partial charge in [-0.05, 0) is 36.0 Å². The Morgan fingerprint density at radius 2 is 1.38 bits per heavy atom. The maximum atomic E-state index is 2.34. The van der Waals surface area contributed by atoms with E-state index in [0.717, 1.165) is 6.54 Å². The summed E-state index contributed by atoms with van der Waals surface area (Å²) >= 11 is 0. The lowest BCUT2D eigenvalue weighted by Gasteiger charge is -2.05. The minimum absolute atomic E-state index is 1.12. The third-order valence-electron chi connectivity index (χ3n) is 4.59. The molecule has 0 bridgehead atoms. The Hall–Kier alpha value is -2.41. The first-order chi connectivity index (χ1) is 11.8. The molecule has 1 aromatic heterocycles. The van der Waals surface area contributed by atoms with Crippen LogP contribution in [-0.4, -0.2) is 0 Å². The summed E-state index contributed by atoms with van der Waals surface area (Å²) in [4.78, 5) is 0. The molecular weight excluding hydrogens is 290 g/mol. The predicted octanol–water partition coefficient (Wildman–Crippen LogP) is 5.36. The topological polar surface area (TPSA) is 3.88 Å². The first kappa shape index (κ1) is 16.4. The Morgan fingerprint density at radius 1 is 0.667 bits per heavy atom. The molecule has 122 valence electrons. The molecular formula is C23H26N+. The highest BCUT2D eigenvalue weighted by molar-refractivity contribution is 5.63. The molecule has 0 spiro atoms. The van der Waals surface area contributed by atoms with Gasteiger partial charge in [0.25, 0.3) is 0 Å². The summed E-state index contributed by atoms with van der Waals surface area (Å²) in [6, 6.07) is 26.0. The van der Waals surface area contributed by atoms with Gasteiger partial charge in [0, 0.05) is 25.5 Å². The summed E-state index contributed by atoms with van der Waals surface area (Å²) < 4.78 is 2.34. The molecule has 0 aliphatic heterocycles. The van der Waals surface area contributed by atoms with Crippen molar-refractivity contribution >= 4 is 0 Å². The van der Waals surface area contributed by atoms with Crippen molar-refractivity contribution in [3.63, 3.8) is 0 Å². The van der Waals surface area contributed by atoms with Gasteiger partial charge in [0.15, 0.2) is 11.9 Å². The Labute approximate surface area is 145 Å². The highest BCUT2D eigenvalue weighted by Gasteiger charge is 2.03. The van der Waals surface area contributed by atoms with Crippen molar-refractivity contribution < 1.29 is 4.57 Å². The van der Waals surface area contributed by atoms with Gasteiger partial charge in [0.05, 0.1) is 0 Å². The third-order valence-corrected chi connectivity index (χ3v) is 4.59. The molecule has 3 rings (SSSR count). The van der Waals surface area contributed by atoms with Gasteiger partial charge in [-0.2, -0.15) is 0 Å². The molecule has 0 radical (unpaired) electrons. The van der Waals surface area contributed by atoms with E-state index in [1.165, 1.54) is 48.1 Å². The number of unbranched alkanes of at least 4 members (excludes halogenated alkanes) is 2. The number of benzene rings is 2. The van der Waals surface area contributed by atoms with E-state index in [1.54, 1.807) is 0 Å². The maximum absolute atomic E-state index is 2.34. The van der Waals surface area contributed by atoms with Crippen LogP contribution in [0.15, 0.2) is 79.0 Å². The minimum Gasteiger partial charge on any atom is -0.203 e. The zero-order chi connectivity index (χ0) is 16.6. The van der Waals surface area contributed by atoms with Gasteiger partial charge in [-0.15, -0.1) is 0 Å². The molecule has 0 amide bonds. The fraction of sp³-hybridized carbons (Fsp3) is 0.261. The van der Waals surface area contributed by atoms with Gasteiger partial charge >= 0.3 is 0 Å². The quantitative estimate of drug-likeness (QED) is 0.408. The number of nitrogens with zero attached hydrogens (tertiary/aromatic N) is 1. The predicted molar refractivity (Wildman–Crippen MR) is 101 cm³/mol. The summed E-state index contributed by atoms with van der Waals surface area (Å²) in [5.41, 5.74) is 5.38. The Kier molecular flexibility index (Phi) is 5.79. The molecule has 0 saturated heterocycles. The molecule has 3 aromatic rings. The smallest absolute Gasteiger partial charge is 0.178 e. The molecule has 0 unspecified atom stereocenters. The van der Waals surface area contributed by atoms with Crippen molar-refractivity contribution in [3.05, 3.63) is 90.3 Å². The molecule has 0 aliphatic carbocycles. The molecule has 0 aliphatic rings. The lowest BCUT2D eigenvalue weighted by molar-refractivity contribution is -0.703. The molecule has 0 N–H and O–H groups in total. The van der Waals surface area contributed by atoms with E-state index >= 15 is 0 Å². The molecule has 1 heteroatoms. The maximum Gasteiger partial charge on any atom is 0.178 e. The van der Waals surface area contributed by atoms with Gasteiger partial charge in [0.1, 0.15) is 6.54 Å². The fourth-order valence-electron chi connectivity index (χ4n) is 3.10. The van der Waals surface area contributed by atoms with Crippen molar-refractivity contribution in [3.8, 4) is 11.1 Å². The van der Waals surface area contributed by atoms with Crippen LogP contribution < -0.4 is 4.57 Å². The van der Waals surface area contributed by atoms with Crippen LogP contribution >= 0.6 is 0 Å². The van der Waals surface area contributed by atoms with Crippen LogP contribution in [0.25, 0.3) is 11.1 Å². The molecule has 1 heterocycles. The van der Waals surface area contributed by atoms with E-state index in [0.29, 0.717) is 0 Å². The third kappa shape index (κ3) is 4.55. The SMILES string of the molecule is Cc1cccc[n+]1CCCCCc1ccc(-c2ccccc2)cc1. The van der Waals surface area contributed by atoms with Gasteiger partial charge in [0.2, 0.25) is 0 Å². The van der Waals surface area contributed by atoms with Crippen LogP contribution in [0.1, 0.15) is 30.5 Å². The number of pyridine rings is 1. The highest BCUT2D eigenvalue weighted by Crippen LogP contribution is 2.19. The largest absolute Gasteiger partial charge is 0.203 e. The van der Waals surface area contributed by atoms with E-state index in [1.807, 2.05) is 0 Å². The zero-order valence-corrected chi connectivity index (χ0v) is 14.5. The number of hydrogen-bond donors (Lipinski definition) is 0. The molecule has 2 aromatic carbocycles. The summed E-state index contributed by atoms with van der Waals surface area (Å²) in [7, 11) is 0. The van der Waals surface area contributed by atoms with Crippen LogP contribution in [-0.2, 0) is 13.0 Å². The van der Waals surface area contributed by atoms with Crippen LogP contribution in [0.4, 0.5) is 0 Å². The van der Waals surface area contributed by atoms with E-state index in [2.05, 4.69) is 90.5 Å². The lowest BCUT2D eigenvalue weighted by Crippen LogP contribution is -2.36. The summed E-state index contributed by atoms with van der Waals surface area (Å²) in [5, 5.41) is 0. The molecule has 1 nitrogen and oxygen atoms in total. The molecule has 0 fully saturated rings. The average molecular weight is 316 g/mol. The van der Waals surface area contributed by atoms with E-state index < -0.39 is 0 Å². The lowest BCUT2D eigenvalue weighted by atomic mass is 10.0. The van der Waals surface area contributed by atoms with E-state index in [4.69, 9.17) is 0 Å².